The summed E-state index contributed by atoms with van der Waals surface area (Å²) >= 11 is 5.82. The lowest BCUT2D eigenvalue weighted by atomic mass is 10.1. The Labute approximate surface area is 128 Å². The number of hydrogen-bond donors (Lipinski definition) is 2. The zero-order valence-corrected chi connectivity index (χ0v) is 12.5. The van der Waals surface area contributed by atoms with E-state index >= 15 is 0 Å². The largest absolute Gasteiger partial charge is 0.506 e. The van der Waals surface area contributed by atoms with Gasteiger partial charge in [-0.25, -0.2) is 0 Å². The quantitative estimate of drug-likeness (QED) is 0.893. The van der Waals surface area contributed by atoms with Crippen LogP contribution in [0, 0.1) is 0 Å². The van der Waals surface area contributed by atoms with Gasteiger partial charge in [0.25, 0.3) is 0 Å². The molecule has 0 spiro atoms. The maximum Gasteiger partial charge on any atom is 0.224 e. The van der Waals surface area contributed by atoms with Gasteiger partial charge in [-0.15, -0.1) is 0 Å². The van der Waals surface area contributed by atoms with Crippen LogP contribution < -0.4 is 5.32 Å². The minimum Gasteiger partial charge on any atom is -0.506 e. The number of benzene rings is 1. The highest BCUT2D eigenvalue weighted by atomic mass is 35.5. The second-order valence-electron chi connectivity index (χ2n) is 5.00. The van der Waals surface area contributed by atoms with Gasteiger partial charge in [0.05, 0.1) is 11.4 Å². The Morgan fingerprint density at radius 3 is 2.86 bits per heavy atom. The van der Waals surface area contributed by atoms with Crippen LogP contribution in [0.4, 0.5) is 0 Å². The molecule has 5 heteroatoms. The Morgan fingerprint density at radius 2 is 2.19 bits per heavy atom. The summed E-state index contributed by atoms with van der Waals surface area (Å²) in [5.41, 5.74) is 1.85. The van der Waals surface area contributed by atoms with Crippen molar-refractivity contribution in [2.75, 3.05) is 0 Å². The first-order chi connectivity index (χ1) is 10.0. The monoisotopic (exact) mass is 304 g/mol. The number of hydrogen-bond acceptors (Lipinski definition) is 3. The summed E-state index contributed by atoms with van der Waals surface area (Å²) in [7, 11) is 0. The van der Waals surface area contributed by atoms with Crippen molar-refractivity contribution in [1.29, 1.82) is 0 Å². The van der Waals surface area contributed by atoms with Crippen LogP contribution in [0.3, 0.4) is 0 Å². The van der Waals surface area contributed by atoms with Gasteiger partial charge in [0, 0.05) is 18.4 Å². The molecule has 4 nitrogen and oxygen atoms in total. The summed E-state index contributed by atoms with van der Waals surface area (Å²) in [5.74, 6) is -0.0566. The third-order valence-electron chi connectivity index (χ3n) is 3.05. The number of amides is 1. The SMILES string of the molecule is CC(Cc1cccnc1)NC(=O)Cc1ccc(O)c(Cl)c1. The number of pyridine rings is 1. The van der Waals surface area contributed by atoms with Crippen molar-refractivity contribution >= 4 is 17.5 Å². The predicted octanol–water partition coefficient (Wildman–Crippen LogP) is 2.73. The van der Waals surface area contributed by atoms with Gasteiger partial charge in [0.2, 0.25) is 5.91 Å². The van der Waals surface area contributed by atoms with Crippen molar-refractivity contribution in [3.05, 3.63) is 58.9 Å². The number of aromatic hydroxyl groups is 1. The first-order valence-electron chi connectivity index (χ1n) is 6.70. The lowest BCUT2D eigenvalue weighted by Gasteiger charge is -2.14. The first kappa shape index (κ1) is 15.3. The number of carbonyl (C=O) groups excluding carboxylic acids is 1. The van der Waals surface area contributed by atoms with E-state index in [2.05, 4.69) is 10.3 Å². The third-order valence-corrected chi connectivity index (χ3v) is 3.35. The molecule has 1 aromatic heterocycles. The molecule has 0 saturated heterocycles. The molecule has 110 valence electrons. The zero-order chi connectivity index (χ0) is 15.2. The van der Waals surface area contributed by atoms with Crippen LogP contribution in [0.1, 0.15) is 18.1 Å². The molecule has 0 bridgehead atoms. The highest BCUT2D eigenvalue weighted by Crippen LogP contribution is 2.23. The molecule has 0 aliphatic carbocycles. The molecular formula is C16H17ClN2O2. The topological polar surface area (TPSA) is 62.2 Å². The number of phenols is 1. The number of phenolic OH excluding ortho intramolecular Hbond substituents is 1. The van der Waals surface area contributed by atoms with Crippen molar-refractivity contribution in [2.24, 2.45) is 0 Å². The Kier molecular flexibility index (Phi) is 5.17. The molecule has 2 N–H and O–H groups in total. The van der Waals surface area contributed by atoms with Crippen molar-refractivity contribution in [1.82, 2.24) is 10.3 Å². The van der Waals surface area contributed by atoms with Gasteiger partial charge in [0.15, 0.2) is 0 Å². The average Bonchev–Trinajstić information content (AvgIpc) is 2.43. The Hall–Kier alpha value is -2.07. The molecular weight excluding hydrogens is 288 g/mol. The summed E-state index contributed by atoms with van der Waals surface area (Å²) < 4.78 is 0. The van der Waals surface area contributed by atoms with Crippen LogP contribution in [-0.2, 0) is 17.6 Å². The van der Waals surface area contributed by atoms with E-state index in [4.69, 9.17) is 11.6 Å². The Balaban J connectivity index is 1.87. The van der Waals surface area contributed by atoms with Gasteiger partial charge in [-0.3, -0.25) is 9.78 Å². The highest BCUT2D eigenvalue weighted by Gasteiger charge is 2.10. The Morgan fingerprint density at radius 1 is 1.38 bits per heavy atom. The smallest absolute Gasteiger partial charge is 0.224 e. The molecule has 2 aromatic rings. The van der Waals surface area contributed by atoms with Crippen molar-refractivity contribution in [2.45, 2.75) is 25.8 Å². The molecule has 0 radical (unpaired) electrons. The fourth-order valence-corrected chi connectivity index (χ4v) is 2.30. The maximum atomic E-state index is 12.0. The predicted molar refractivity (Wildman–Crippen MR) is 82.4 cm³/mol. The van der Waals surface area contributed by atoms with Gasteiger partial charge in [-0.1, -0.05) is 23.7 Å². The van der Waals surface area contributed by atoms with Crippen molar-refractivity contribution in [3.8, 4) is 5.75 Å². The van der Waals surface area contributed by atoms with Gasteiger partial charge < -0.3 is 10.4 Å². The van der Waals surface area contributed by atoms with E-state index in [1.54, 1.807) is 24.5 Å². The number of nitrogens with zero attached hydrogens (tertiary/aromatic N) is 1. The van der Waals surface area contributed by atoms with Crippen LogP contribution in [0.25, 0.3) is 0 Å². The summed E-state index contributed by atoms with van der Waals surface area (Å²) in [4.78, 5) is 16.0. The van der Waals surface area contributed by atoms with E-state index in [9.17, 15) is 9.90 Å². The molecule has 2 rings (SSSR count). The highest BCUT2D eigenvalue weighted by molar-refractivity contribution is 6.32. The number of nitrogens with one attached hydrogen (secondary N) is 1. The van der Waals surface area contributed by atoms with Crippen LogP contribution in [0.2, 0.25) is 5.02 Å². The minimum atomic E-state index is -0.0758. The van der Waals surface area contributed by atoms with Gasteiger partial charge in [-0.05, 0) is 42.7 Å². The van der Waals surface area contributed by atoms with E-state index < -0.39 is 0 Å². The number of rotatable bonds is 5. The van der Waals surface area contributed by atoms with Crippen LogP contribution in [0.15, 0.2) is 42.7 Å². The summed E-state index contributed by atoms with van der Waals surface area (Å²) in [5, 5.41) is 12.5. The van der Waals surface area contributed by atoms with Crippen LogP contribution in [0.5, 0.6) is 5.75 Å². The van der Waals surface area contributed by atoms with Gasteiger partial charge in [0.1, 0.15) is 5.75 Å². The van der Waals surface area contributed by atoms with Gasteiger partial charge >= 0.3 is 0 Å². The van der Waals surface area contributed by atoms with Crippen LogP contribution >= 0.6 is 11.6 Å². The molecule has 0 saturated carbocycles. The summed E-state index contributed by atoms with van der Waals surface area (Å²) in [6.45, 7) is 1.95. The molecule has 1 atom stereocenters. The molecule has 0 fully saturated rings. The fourth-order valence-electron chi connectivity index (χ4n) is 2.10. The number of halogens is 1. The second-order valence-corrected chi connectivity index (χ2v) is 5.40. The second kappa shape index (κ2) is 7.09. The normalized spacial score (nSPS) is 11.9. The molecule has 1 unspecified atom stereocenters. The van der Waals surface area contributed by atoms with Crippen LogP contribution in [-0.4, -0.2) is 22.0 Å². The molecule has 1 amide bonds. The summed E-state index contributed by atoms with van der Waals surface area (Å²) in [6.07, 6.45) is 4.48. The van der Waals surface area contributed by atoms with E-state index in [0.717, 1.165) is 17.5 Å². The van der Waals surface area contributed by atoms with Gasteiger partial charge in [-0.2, -0.15) is 0 Å². The third kappa shape index (κ3) is 4.76. The number of aromatic nitrogens is 1. The number of carbonyl (C=O) groups is 1. The molecule has 0 aliphatic heterocycles. The first-order valence-corrected chi connectivity index (χ1v) is 7.08. The minimum absolute atomic E-state index is 0.0192. The molecule has 0 aliphatic rings. The standard InChI is InChI=1S/C16H17ClN2O2/c1-11(7-13-3-2-6-18-10-13)19-16(21)9-12-4-5-15(20)14(17)8-12/h2-6,8,10-11,20H,7,9H2,1H3,(H,19,21). The average molecular weight is 305 g/mol. The lowest BCUT2D eigenvalue weighted by molar-refractivity contribution is -0.121. The molecule has 21 heavy (non-hydrogen) atoms. The Bertz CT molecular complexity index is 617. The summed E-state index contributed by atoms with van der Waals surface area (Å²) in [6, 6.07) is 8.66. The maximum absolute atomic E-state index is 12.0. The van der Waals surface area contributed by atoms with E-state index in [1.165, 1.54) is 6.07 Å². The van der Waals surface area contributed by atoms with E-state index in [1.807, 2.05) is 19.1 Å². The molecule has 1 aromatic carbocycles. The van der Waals surface area contributed by atoms with Crippen molar-refractivity contribution < 1.29 is 9.90 Å². The lowest BCUT2D eigenvalue weighted by Crippen LogP contribution is -2.35. The zero-order valence-electron chi connectivity index (χ0n) is 11.7. The van der Waals surface area contributed by atoms with E-state index in [0.29, 0.717) is 0 Å². The fraction of sp³-hybridized carbons (Fsp3) is 0.250. The van der Waals surface area contributed by atoms with Crippen molar-refractivity contribution in [3.63, 3.8) is 0 Å². The van der Waals surface area contributed by atoms with E-state index in [-0.39, 0.29) is 29.1 Å². The molecule has 1 heterocycles.